The normalized spacial score (nSPS) is 16.6. The standard InChI is InChI=1S/C25H26N6O3/c1-15-13-30(9-7-18(15)16-4-5-19(27-12-16)24(32)26-2)14-17-10-20-22(11-23(17)34-3)31-21(6-8-28-31)25(33)29-20/h4-8,10-12,15H,9,13-14H2,1-3H3,(H,26,32)(H,29,33). The van der Waals surface area contributed by atoms with Crippen molar-refractivity contribution < 1.29 is 9.53 Å². The van der Waals surface area contributed by atoms with Gasteiger partial charge in [0.05, 0.1) is 24.3 Å². The van der Waals surface area contributed by atoms with Gasteiger partial charge in [0.1, 0.15) is 17.0 Å². The highest BCUT2D eigenvalue weighted by molar-refractivity contribution is 5.92. The second kappa shape index (κ2) is 8.75. The molecule has 0 bridgehead atoms. The van der Waals surface area contributed by atoms with Crippen LogP contribution in [0.4, 0.5) is 0 Å². The van der Waals surface area contributed by atoms with Gasteiger partial charge >= 0.3 is 0 Å². The first-order valence-corrected chi connectivity index (χ1v) is 11.2. The lowest BCUT2D eigenvalue weighted by molar-refractivity contribution is 0.0958. The summed E-state index contributed by atoms with van der Waals surface area (Å²) in [6.07, 6.45) is 5.60. The lowest BCUT2D eigenvalue weighted by Gasteiger charge is -2.31. The van der Waals surface area contributed by atoms with Gasteiger partial charge in [-0.05, 0) is 35.3 Å². The molecule has 0 aliphatic carbocycles. The molecule has 1 aliphatic heterocycles. The maximum atomic E-state index is 12.4. The summed E-state index contributed by atoms with van der Waals surface area (Å²) in [5.74, 6) is 0.853. The first kappa shape index (κ1) is 21.8. The van der Waals surface area contributed by atoms with Gasteiger partial charge in [0.25, 0.3) is 11.5 Å². The van der Waals surface area contributed by atoms with E-state index in [0.717, 1.165) is 41.0 Å². The minimum atomic E-state index is -0.192. The van der Waals surface area contributed by atoms with E-state index in [9.17, 15) is 9.59 Å². The molecule has 0 radical (unpaired) electrons. The van der Waals surface area contributed by atoms with Crippen LogP contribution >= 0.6 is 0 Å². The Morgan fingerprint density at radius 1 is 1.26 bits per heavy atom. The summed E-state index contributed by atoms with van der Waals surface area (Å²) in [6.45, 7) is 4.50. The van der Waals surface area contributed by atoms with Gasteiger partial charge in [0, 0.05) is 44.5 Å². The molecule has 3 aromatic heterocycles. The molecular formula is C25H26N6O3. The van der Waals surface area contributed by atoms with Crippen LogP contribution < -0.4 is 15.6 Å². The van der Waals surface area contributed by atoms with Crippen molar-refractivity contribution in [3.05, 3.63) is 76.0 Å². The number of H-pyrrole nitrogens is 1. The van der Waals surface area contributed by atoms with Gasteiger partial charge in [-0.15, -0.1) is 0 Å². The predicted octanol–water partition coefficient (Wildman–Crippen LogP) is 2.47. The van der Waals surface area contributed by atoms with Crippen LogP contribution in [0.5, 0.6) is 5.75 Å². The fourth-order valence-corrected chi connectivity index (χ4v) is 4.64. The maximum absolute atomic E-state index is 12.4. The molecule has 4 heterocycles. The number of benzene rings is 1. The van der Waals surface area contributed by atoms with Crippen molar-refractivity contribution in [2.45, 2.75) is 13.5 Å². The van der Waals surface area contributed by atoms with Gasteiger partial charge in [-0.25, -0.2) is 4.52 Å². The Labute approximate surface area is 196 Å². The zero-order chi connectivity index (χ0) is 23.8. The number of hydrogen-bond acceptors (Lipinski definition) is 6. The van der Waals surface area contributed by atoms with Crippen molar-refractivity contribution in [2.75, 3.05) is 27.2 Å². The molecule has 0 saturated carbocycles. The van der Waals surface area contributed by atoms with Gasteiger partial charge in [0.15, 0.2) is 0 Å². The van der Waals surface area contributed by atoms with Crippen molar-refractivity contribution >= 4 is 28.0 Å². The van der Waals surface area contributed by atoms with Gasteiger partial charge in [-0.3, -0.25) is 19.5 Å². The minimum Gasteiger partial charge on any atom is -0.496 e. The second-order valence-corrected chi connectivity index (χ2v) is 8.53. The van der Waals surface area contributed by atoms with E-state index >= 15 is 0 Å². The zero-order valence-corrected chi connectivity index (χ0v) is 19.3. The maximum Gasteiger partial charge on any atom is 0.274 e. The van der Waals surface area contributed by atoms with E-state index in [1.807, 2.05) is 18.2 Å². The summed E-state index contributed by atoms with van der Waals surface area (Å²) in [5.41, 5.74) is 5.51. The predicted molar refractivity (Wildman–Crippen MR) is 130 cm³/mol. The van der Waals surface area contributed by atoms with Crippen molar-refractivity contribution in [1.29, 1.82) is 0 Å². The molecule has 1 aromatic carbocycles. The van der Waals surface area contributed by atoms with Crippen molar-refractivity contribution in [2.24, 2.45) is 5.92 Å². The van der Waals surface area contributed by atoms with Gasteiger partial charge in [-0.1, -0.05) is 19.1 Å². The third kappa shape index (κ3) is 3.84. The number of carbonyl (C=O) groups excluding carboxylic acids is 1. The molecule has 1 unspecified atom stereocenters. The van der Waals surface area contributed by atoms with Gasteiger partial charge in [0.2, 0.25) is 0 Å². The molecule has 1 amide bonds. The minimum absolute atomic E-state index is 0.170. The lowest BCUT2D eigenvalue weighted by Crippen LogP contribution is -2.33. The molecule has 0 saturated heterocycles. The summed E-state index contributed by atoms with van der Waals surface area (Å²) in [6, 6.07) is 9.30. The van der Waals surface area contributed by atoms with E-state index in [-0.39, 0.29) is 17.4 Å². The van der Waals surface area contributed by atoms with Crippen LogP contribution in [-0.4, -0.2) is 57.6 Å². The SMILES string of the molecule is CNC(=O)c1ccc(C2=CCN(Cc3cc4[nH]c(=O)c5ccnn5c4cc3OC)CC2C)cn1. The molecule has 1 aliphatic rings. The van der Waals surface area contributed by atoms with Crippen LogP contribution in [0.1, 0.15) is 28.5 Å². The number of hydrogen-bond donors (Lipinski definition) is 2. The summed E-state index contributed by atoms with van der Waals surface area (Å²) in [5, 5.41) is 6.88. The van der Waals surface area contributed by atoms with Crippen LogP contribution in [0, 0.1) is 5.92 Å². The van der Waals surface area contributed by atoms with Crippen molar-refractivity contribution in [3.8, 4) is 5.75 Å². The number of methoxy groups -OCH3 is 1. The Hall–Kier alpha value is -3.98. The fourth-order valence-electron chi connectivity index (χ4n) is 4.64. The number of pyridine rings is 1. The first-order valence-electron chi connectivity index (χ1n) is 11.2. The van der Waals surface area contributed by atoms with Crippen LogP contribution in [0.25, 0.3) is 22.1 Å². The summed E-state index contributed by atoms with van der Waals surface area (Å²) in [4.78, 5) is 33.8. The third-order valence-electron chi connectivity index (χ3n) is 6.33. The molecule has 34 heavy (non-hydrogen) atoms. The van der Waals surface area contributed by atoms with E-state index in [0.29, 0.717) is 17.8 Å². The first-order chi connectivity index (χ1) is 16.5. The number of nitrogens with zero attached hydrogens (tertiary/aromatic N) is 4. The molecule has 0 spiro atoms. The largest absolute Gasteiger partial charge is 0.496 e. The average Bonchev–Trinajstić information content (AvgIpc) is 3.35. The average molecular weight is 459 g/mol. The Bertz CT molecular complexity index is 1470. The van der Waals surface area contributed by atoms with E-state index in [1.165, 1.54) is 5.57 Å². The monoisotopic (exact) mass is 458 g/mol. The van der Waals surface area contributed by atoms with Gasteiger partial charge in [-0.2, -0.15) is 5.10 Å². The summed E-state index contributed by atoms with van der Waals surface area (Å²) < 4.78 is 7.33. The highest BCUT2D eigenvalue weighted by Gasteiger charge is 2.22. The summed E-state index contributed by atoms with van der Waals surface area (Å²) in [7, 11) is 3.25. The Kier molecular flexibility index (Phi) is 5.62. The zero-order valence-electron chi connectivity index (χ0n) is 19.3. The molecule has 1 atom stereocenters. The quantitative estimate of drug-likeness (QED) is 0.476. The van der Waals surface area contributed by atoms with Gasteiger partial charge < -0.3 is 15.0 Å². The van der Waals surface area contributed by atoms with E-state index in [4.69, 9.17) is 4.74 Å². The Balaban J connectivity index is 1.40. The van der Waals surface area contributed by atoms with E-state index in [1.54, 1.807) is 43.2 Å². The lowest BCUT2D eigenvalue weighted by atomic mass is 9.91. The fraction of sp³-hybridized carbons (Fsp3) is 0.280. The molecule has 4 aromatic rings. The smallest absolute Gasteiger partial charge is 0.274 e. The van der Waals surface area contributed by atoms with Crippen molar-refractivity contribution in [1.82, 2.24) is 29.8 Å². The Morgan fingerprint density at radius 3 is 2.82 bits per heavy atom. The topological polar surface area (TPSA) is 105 Å². The number of amides is 1. The Morgan fingerprint density at radius 2 is 2.12 bits per heavy atom. The molecule has 2 N–H and O–H groups in total. The number of carbonyl (C=O) groups is 1. The van der Waals surface area contributed by atoms with E-state index in [2.05, 4.69) is 38.3 Å². The molecular weight excluding hydrogens is 432 g/mol. The molecule has 9 nitrogen and oxygen atoms in total. The van der Waals surface area contributed by atoms with Crippen LogP contribution in [0.3, 0.4) is 0 Å². The number of aromatic nitrogens is 4. The molecule has 9 heteroatoms. The number of rotatable bonds is 5. The van der Waals surface area contributed by atoms with Crippen LogP contribution in [0.15, 0.2) is 53.6 Å². The third-order valence-corrected chi connectivity index (χ3v) is 6.33. The number of fused-ring (bicyclic) bond motifs is 3. The number of nitrogens with one attached hydrogen (secondary N) is 2. The highest BCUT2D eigenvalue weighted by atomic mass is 16.5. The summed E-state index contributed by atoms with van der Waals surface area (Å²) >= 11 is 0. The second-order valence-electron chi connectivity index (χ2n) is 8.53. The van der Waals surface area contributed by atoms with Crippen molar-refractivity contribution in [3.63, 3.8) is 0 Å². The highest BCUT2D eigenvalue weighted by Crippen LogP contribution is 2.30. The molecule has 0 fully saturated rings. The molecule has 5 rings (SSSR count). The van der Waals surface area contributed by atoms with Crippen LogP contribution in [-0.2, 0) is 6.54 Å². The van der Waals surface area contributed by atoms with Crippen LogP contribution in [0.2, 0.25) is 0 Å². The van der Waals surface area contributed by atoms with E-state index < -0.39 is 0 Å². The number of ether oxygens (including phenoxy) is 1. The molecule has 174 valence electrons. The number of aromatic amines is 1.